The number of ether oxygens (including phenoxy) is 2. The normalized spacial score (nSPS) is 19.8. The van der Waals surface area contributed by atoms with Crippen LogP contribution >= 0.6 is 0 Å². The highest BCUT2D eigenvalue weighted by Gasteiger charge is 2.70. The van der Waals surface area contributed by atoms with Crippen molar-refractivity contribution in [3.8, 4) is 5.75 Å². The van der Waals surface area contributed by atoms with E-state index in [-0.39, 0.29) is 12.5 Å². The first-order valence-corrected chi connectivity index (χ1v) is 14.6. The number of hydrogen-bond donors (Lipinski definition) is 1. The molecule has 1 saturated heterocycles. The summed E-state index contributed by atoms with van der Waals surface area (Å²) in [6.07, 6.45) is 0.151. The standard InChI is InChI=1S/C33H40N2O5Si/c1-7-22-39-30(37)34-28-27(29(36)35(28)25-18-20-26(38-6)21-19-25)33(31(2,3)4,24-16-12-9-13-17-24)32(5,40-41)23-14-10-8-11-15-23/h7-21,27-28H,1,22H2,2-6,41H3,(H,34,37)/t27-,28+,32+,33?/m0/s1. The van der Waals surface area contributed by atoms with E-state index < -0.39 is 34.6 Å². The Labute approximate surface area is 246 Å². The highest BCUT2D eigenvalue weighted by atomic mass is 28.2. The molecule has 1 aliphatic heterocycles. The van der Waals surface area contributed by atoms with Gasteiger partial charge in [0.25, 0.3) is 0 Å². The number of hydrogen-bond acceptors (Lipinski definition) is 5. The maximum absolute atomic E-state index is 14.6. The van der Waals surface area contributed by atoms with Gasteiger partial charge in [-0.15, -0.1) is 0 Å². The van der Waals surface area contributed by atoms with E-state index in [1.807, 2.05) is 60.7 Å². The first-order chi connectivity index (χ1) is 19.6. The molecule has 0 radical (unpaired) electrons. The van der Waals surface area contributed by atoms with Crippen LogP contribution in [-0.4, -0.2) is 42.4 Å². The first-order valence-electron chi connectivity index (χ1n) is 13.7. The molecule has 2 amide bonds. The summed E-state index contributed by atoms with van der Waals surface area (Å²) >= 11 is 0. The molecule has 0 saturated carbocycles. The first kappa shape index (κ1) is 30.1. The summed E-state index contributed by atoms with van der Waals surface area (Å²) in [6.45, 7) is 12.2. The molecule has 8 heteroatoms. The molecule has 7 nitrogen and oxygen atoms in total. The number of nitrogens with zero attached hydrogens (tertiary/aromatic N) is 1. The fourth-order valence-corrected chi connectivity index (χ4v) is 7.27. The monoisotopic (exact) mass is 572 g/mol. The maximum atomic E-state index is 14.6. The lowest BCUT2D eigenvalue weighted by Gasteiger charge is -2.65. The van der Waals surface area contributed by atoms with Crippen LogP contribution < -0.4 is 15.0 Å². The Morgan fingerprint density at radius 3 is 2.00 bits per heavy atom. The fourth-order valence-electron chi connectivity index (χ4n) is 6.72. The number of anilines is 1. The Kier molecular flexibility index (Phi) is 8.75. The summed E-state index contributed by atoms with van der Waals surface area (Å²) in [5, 5.41) is 3.02. The molecule has 3 aromatic carbocycles. The summed E-state index contributed by atoms with van der Waals surface area (Å²) in [6, 6.07) is 27.3. The van der Waals surface area contributed by atoms with Gasteiger partial charge in [-0.25, -0.2) is 4.79 Å². The second-order valence-electron chi connectivity index (χ2n) is 11.4. The molecule has 0 aromatic heterocycles. The molecule has 1 fully saturated rings. The van der Waals surface area contributed by atoms with Gasteiger partial charge >= 0.3 is 6.09 Å². The van der Waals surface area contributed by atoms with Crippen molar-refractivity contribution in [2.75, 3.05) is 18.6 Å². The van der Waals surface area contributed by atoms with Gasteiger partial charge in [0.05, 0.1) is 18.6 Å². The van der Waals surface area contributed by atoms with Crippen LogP contribution in [0.1, 0.15) is 38.8 Å². The number of amides is 2. The molecule has 1 heterocycles. The van der Waals surface area contributed by atoms with Crippen molar-refractivity contribution in [2.24, 2.45) is 11.3 Å². The number of carbonyl (C=O) groups is 2. The van der Waals surface area contributed by atoms with Gasteiger partial charge in [0, 0.05) is 11.1 Å². The Morgan fingerprint density at radius 1 is 0.951 bits per heavy atom. The maximum Gasteiger partial charge on any atom is 0.409 e. The van der Waals surface area contributed by atoms with Crippen LogP contribution in [0.2, 0.25) is 0 Å². The van der Waals surface area contributed by atoms with E-state index in [2.05, 4.69) is 51.7 Å². The molecule has 3 aromatic rings. The van der Waals surface area contributed by atoms with E-state index in [4.69, 9.17) is 13.9 Å². The van der Waals surface area contributed by atoms with E-state index in [0.717, 1.165) is 11.1 Å². The number of carbonyl (C=O) groups excluding carboxylic acids is 2. The van der Waals surface area contributed by atoms with Gasteiger partial charge in [-0.2, -0.15) is 0 Å². The van der Waals surface area contributed by atoms with E-state index in [0.29, 0.717) is 21.9 Å². The van der Waals surface area contributed by atoms with Gasteiger partial charge in [0.2, 0.25) is 5.91 Å². The Morgan fingerprint density at radius 2 is 1.51 bits per heavy atom. The quantitative estimate of drug-likeness (QED) is 0.208. The third-order valence-corrected chi connectivity index (χ3v) is 9.23. The van der Waals surface area contributed by atoms with E-state index in [1.54, 1.807) is 24.1 Å². The molecule has 41 heavy (non-hydrogen) atoms. The molecule has 0 aliphatic carbocycles. The minimum absolute atomic E-state index is 0.0498. The van der Waals surface area contributed by atoms with Gasteiger partial charge < -0.3 is 13.9 Å². The number of alkyl carbamates (subject to hydrolysis) is 1. The van der Waals surface area contributed by atoms with Gasteiger partial charge in [0.15, 0.2) is 0 Å². The molecular weight excluding hydrogens is 532 g/mol. The van der Waals surface area contributed by atoms with Crippen LogP contribution in [0.25, 0.3) is 0 Å². The van der Waals surface area contributed by atoms with Crippen LogP contribution in [-0.2, 0) is 25.0 Å². The minimum Gasteiger partial charge on any atom is -0.497 e. The van der Waals surface area contributed by atoms with Crippen LogP contribution in [0, 0.1) is 11.3 Å². The minimum atomic E-state index is -0.933. The summed E-state index contributed by atoms with van der Waals surface area (Å²) in [7, 11) is 2.01. The van der Waals surface area contributed by atoms with E-state index in [1.165, 1.54) is 6.08 Å². The number of β-lactam (4-membered cyclic amide) rings is 1. The molecule has 1 N–H and O–H groups in total. The predicted octanol–water partition coefficient (Wildman–Crippen LogP) is 5.09. The zero-order valence-electron chi connectivity index (χ0n) is 24.7. The van der Waals surface area contributed by atoms with Crippen molar-refractivity contribution >= 4 is 28.2 Å². The number of nitrogens with one attached hydrogen (secondary N) is 1. The smallest absolute Gasteiger partial charge is 0.409 e. The molecule has 0 bridgehead atoms. The second-order valence-corrected chi connectivity index (χ2v) is 11.8. The van der Waals surface area contributed by atoms with Gasteiger partial charge in [-0.3, -0.25) is 15.0 Å². The third kappa shape index (κ3) is 5.06. The third-order valence-electron chi connectivity index (χ3n) is 8.41. The summed E-state index contributed by atoms with van der Waals surface area (Å²) in [4.78, 5) is 29.3. The summed E-state index contributed by atoms with van der Waals surface area (Å²) < 4.78 is 17.3. The van der Waals surface area contributed by atoms with Crippen LogP contribution in [0.5, 0.6) is 5.75 Å². The average molecular weight is 573 g/mol. The van der Waals surface area contributed by atoms with Crippen molar-refractivity contribution in [1.82, 2.24) is 5.32 Å². The number of benzene rings is 3. The Balaban J connectivity index is 1.99. The number of rotatable bonds is 10. The molecule has 216 valence electrons. The highest BCUT2D eigenvalue weighted by molar-refractivity contribution is 6.05. The molecule has 4 atom stereocenters. The summed E-state index contributed by atoms with van der Waals surface area (Å²) in [5.74, 6) is -0.159. The Bertz CT molecular complexity index is 1360. The van der Waals surface area contributed by atoms with E-state index in [9.17, 15) is 9.59 Å². The van der Waals surface area contributed by atoms with Crippen molar-refractivity contribution in [1.29, 1.82) is 0 Å². The van der Waals surface area contributed by atoms with Crippen molar-refractivity contribution in [3.63, 3.8) is 0 Å². The molecule has 1 unspecified atom stereocenters. The van der Waals surface area contributed by atoms with Gasteiger partial charge in [-0.1, -0.05) is 94.1 Å². The molecule has 0 spiro atoms. The lowest BCUT2D eigenvalue weighted by Crippen LogP contribution is -2.78. The zero-order chi connectivity index (χ0) is 29.8. The van der Waals surface area contributed by atoms with Crippen LogP contribution in [0.4, 0.5) is 10.5 Å². The SMILES string of the molecule is C=CCOC(=O)N[C@H]1[C@H](C(c2ccccc2)(C(C)(C)C)[C@](C)(O[SiH3])c2ccccc2)C(=O)N1c1ccc(OC)cc1. The van der Waals surface area contributed by atoms with Crippen LogP contribution in [0.3, 0.4) is 0 Å². The van der Waals surface area contributed by atoms with Gasteiger partial charge in [-0.05, 0) is 47.7 Å². The van der Waals surface area contributed by atoms with Gasteiger partial charge in [0.1, 0.15) is 29.0 Å². The second kappa shape index (κ2) is 11.9. The molecule has 4 rings (SSSR count). The largest absolute Gasteiger partial charge is 0.497 e. The van der Waals surface area contributed by atoms with Crippen molar-refractivity contribution in [2.45, 2.75) is 44.9 Å². The lowest BCUT2D eigenvalue weighted by atomic mass is 9.45. The number of methoxy groups -OCH3 is 1. The Hall–Kier alpha value is -3.88. The average Bonchev–Trinajstić information content (AvgIpc) is 2.98. The highest BCUT2D eigenvalue weighted by Crippen LogP contribution is 2.62. The van der Waals surface area contributed by atoms with Crippen molar-refractivity contribution in [3.05, 3.63) is 109 Å². The van der Waals surface area contributed by atoms with E-state index >= 15 is 0 Å². The molecule has 1 aliphatic rings. The van der Waals surface area contributed by atoms with Crippen LogP contribution in [0.15, 0.2) is 97.6 Å². The van der Waals surface area contributed by atoms with Crippen molar-refractivity contribution < 1.29 is 23.5 Å². The lowest BCUT2D eigenvalue weighted by molar-refractivity contribution is -0.156. The summed E-state index contributed by atoms with van der Waals surface area (Å²) in [5.41, 5.74) is 0.162. The predicted molar refractivity (Wildman–Crippen MR) is 165 cm³/mol. The topological polar surface area (TPSA) is 77.1 Å². The zero-order valence-corrected chi connectivity index (χ0v) is 26.7. The fraction of sp³-hybridized carbons (Fsp3) is 0.333. The molecular formula is C33H40N2O5Si.